The lowest BCUT2D eigenvalue weighted by Crippen LogP contribution is -2.21. The third-order valence-electron chi connectivity index (χ3n) is 3.20. The second-order valence-electron chi connectivity index (χ2n) is 4.85. The van der Waals surface area contributed by atoms with E-state index in [9.17, 15) is 9.59 Å². The molecule has 0 bridgehead atoms. The van der Waals surface area contributed by atoms with Crippen LogP contribution in [0.1, 0.15) is 31.2 Å². The van der Waals surface area contributed by atoms with Crippen LogP contribution in [0.5, 0.6) is 0 Å². The van der Waals surface area contributed by atoms with Crippen LogP contribution in [-0.2, 0) is 25.7 Å². The molecule has 5 nitrogen and oxygen atoms in total. The first-order valence-corrected chi connectivity index (χ1v) is 7.14. The molecular formula is C16H23NO4. The molecule has 116 valence electrons. The summed E-state index contributed by atoms with van der Waals surface area (Å²) in [5.74, 6) is -1.21. The average Bonchev–Trinajstić information content (AvgIpc) is 2.52. The maximum atomic E-state index is 11.8. The van der Waals surface area contributed by atoms with Crippen molar-refractivity contribution in [1.29, 1.82) is 0 Å². The smallest absolute Gasteiger partial charge is 0.309 e. The fraction of sp³-hybridized carbons (Fsp3) is 0.500. The second kappa shape index (κ2) is 9.94. The largest absolute Gasteiger partial charge is 0.469 e. The Kier molecular flexibility index (Phi) is 8.12. The molecule has 0 aliphatic heterocycles. The van der Waals surface area contributed by atoms with E-state index in [-0.39, 0.29) is 25.0 Å². The van der Waals surface area contributed by atoms with E-state index in [2.05, 4.69) is 0 Å². The van der Waals surface area contributed by atoms with Gasteiger partial charge in [-0.25, -0.2) is 0 Å². The van der Waals surface area contributed by atoms with Gasteiger partial charge in [0, 0.05) is 0 Å². The van der Waals surface area contributed by atoms with Gasteiger partial charge < -0.3 is 15.2 Å². The summed E-state index contributed by atoms with van der Waals surface area (Å²) in [6.07, 6.45) is 2.25. The SMILES string of the molecule is COC(=O)[C@H](CCCCN)CC(=O)OCc1ccccc1. The summed E-state index contributed by atoms with van der Waals surface area (Å²) in [6.45, 7) is 0.794. The van der Waals surface area contributed by atoms with E-state index < -0.39 is 5.92 Å². The highest BCUT2D eigenvalue weighted by Gasteiger charge is 2.23. The van der Waals surface area contributed by atoms with E-state index in [1.165, 1.54) is 7.11 Å². The molecule has 0 radical (unpaired) electrons. The minimum Gasteiger partial charge on any atom is -0.469 e. The van der Waals surface area contributed by atoms with E-state index in [0.29, 0.717) is 13.0 Å². The molecular weight excluding hydrogens is 270 g/mol. The monoisotopic (exact) mass is 293 g/mol. The average molecular weight is 293 g/mol. The molecule has 1 aromatic rings. The molecule has 1 rings (SSSR count). The maximum absolute atomic E-state index is 11.8. The Morgan fingerprint density at radius 1 is 1.19 bits per heavy atom. The summed E-state index contributed by atoms with van der Waals surface area (Å²) in [7, 11) is 1.33. The lowest BCUT2D eigenvalue weighted by atomic mass is 9.98. The van der Waals surface area contributed by atoms with Gasteiger partial charge in [-0.05, 0) is 24.9 Å². The fourth-order valence-corrected chi connectivity index (χ4v) is 2.00. The van der Waals surface area contributed by atoms with Crippen molar-refractivity contribution >= 4 is 11.9 Å². The van der Waals surface area contributed by atoms with Gasteiger partial charge in [-0.1, -0.05) is 36.8 Å². The van der Waals surface area contributed by atoms with E-state index in [1.807, 2.05) is 30.3 Å². The lowest BCUT2D eigenvalue weighted by molar-refractivity contribution is -0.154. The van der Waals surface area contributed by atoms with Crippen LogP contribution in [-0.4, -0.2) is 25.6 Å². The molecule has 0 amide bonds. The predicted molar refractivity (Wildman–Crippen MR) is 79.3 cm³/mol. The number of hydrogen-bond acceptors (Lipinski definition) is 5. The van der Waals surface area contributed by atoms with Crippen molar-refractivity contribution in [3.05, 3.63) is 35.9 Å². The summed E-state index contributed by atoms with van der Waals surface area (Å²) < 4.78 is 9.92. The fourth-order valence-electron chi connectivity index (χ4n) is 2.00. The minimum absolute atomic E-state index is 0.0457. The third kappa shape index (κ3) is 6.90. The van der Waals surface area contributed by atoms with Gasteiger partial charge in [0.1, 0.15) is 6.61 Å². The van der Waals surface area contributed by atoms with Gasteiger partial charge in [0.05, 0.1) is 19.4 Å². The van der Waals surface area contributed by atoms with Crippen LogP contribution in [0.4, 0.5) is 0 Å². The first-order valence-electron chi connectivity index (χ1n) is 7.14. The molecule has 0 saturated carbocycles. The van der Waals surface area contributed by atoms with Crippen molar-refractivity contribution in [3.8, 4) is 0 Å². The zero-order chi connectivity index (χ0) is 15.5. The highest BCUT2D eigenvalue weighted by atomic mass is 16.5. The molecule has 0 aliphatic carbocycles. The molecule has 0 saturated heterocycles. The van der Waals surface area contributed by atoms with Crippen molar-refractivity contribution < 1.29 is 19.1 Å². The van der Waals surface area contributed by atoms with Gasteiger partial charge in [-0.15, -0.1) is 0 Å². The molecule has 0 spiro atoms. The second-order valence-corrected chi connectivity index (χ2v) is 4.85. The summed E-state index contributed by atoms with van der Waals surface area (Å²) >= 11 is 0. The van der Waals surface area contributed by atoms with Crippen LogP contribution < -0.4 is 5.73 Å². The van der Waals surface area contributed by atoms with Crippen LogP contribution in [0.15, 0.2) is 30.3 Å². The highest BCUT2D eigenvalue weighted by Crippen LogP contribution is 2.16. The number of esters is 2. The number of nitrogens with two attached hydrogens (primary N) is 1. The van der Waals surface area contributed by atoms with E-state index in [1.54, 1.807) is 0 Å². The van der Waals surface area contributed by atoms with E-state index in [0.717, 1.165) is 18.4 Å². The number of carbonyl (C=O) groups is 2. The number of rotatable bonds is 9. The quantitative estimate of drug-likeness (QED) is 0.557. The molecule has 0 aliphatic rings. The van der Waals surface area contributed by atoms with Crippen molar-refractivity contribution in [2.75, 3.05) is 13.7 Å². The van der Waals surface area contributed by atoms with Crippen molar-refractivity contribution in [2.45, 2.75) is 32.3 Å². The molecule has 0 fully saturated rings. The molecule has 21 heavy (non-hydrogen) atoms. The van der Waals surface area contributed by atoms with Gasteiger partial charge in [0.25, 0.3) is 0 Å². The van der Waals surface area contributed by atoms with Crippen LogP contribution in [0.3, 0.4) is 0 Å². The normalized spacial score (nSPS) is 11.7. The first kappa shape index (κ1) is 17.2. The number of carbonyl (C=O) groups excluding carboxylic acids is 2. The van der Waals surface area contributed by atoms with Crippen LogP contribution in [0.25, 0.3) is 0 Å². The van der Waals surface area contributed by atoms with Crippen molar-refractivity contribution in [3.63, 3.8) is 0 Å². The van der Waals surface area contributed by atoms with Gasteiger partial charge in [0.15, 0.2) is 0 Å². The molecule has 1 aromatic carbocycles. The Morgan fingerprint density at radius 2 is 1.90 bits per heavy atom. The van der Waals surface area contributed by atoms with Crippen LogP contribution >= 0.6 is 0 Å². The lowest BCUT2D eigenvalue weighted by Gasteiger charge is -2.13. The van der Waals surface area contributed by atoms with Crippen molar-refractivity contribution in [2.24, 2.45) is 11.7 Å². The Labute approximate surface area is 125 Å². The Bertz CT molecular complexity index is 433. The Morgan fingerprint density at radius 3 is 2.52 bits per heavy atom. The van der Waals surface area contributed by atoms with Crippen molar-refractivity contribution in [1.82, 2.24) is 0 Å². The minimum atomic E-state index is -0.454. The van der Waals surface area contributed by atoms with Gasteiger partial charge in [-0.3, -0.25) is 9.59 Å². The Balaban J connectivity index is 2.41. The summed E-state index contributed by atoms with van der Waals surface area (Å²) in [5.41, 5.74) is 6.35. The highest BCUT2D eigenvalue weighted by molar-refractivity contribution is 5.79. The molecule has 0 heterocycles. The first-order chi connectivity index (χ1) is 10.2. The van der Waals surface area contributed by atoms with Gasteiger partial charge >= 0.3 is 11.9 Å². The topological polar surface area (TPSA) is 78.6 Å². The molecule has 1 atom stereocenters. The summed E-state index contributed by atoms with van der Waals surface area (Å²) in [4.78, 5) is 23.5. The zero-order valence-corrected chi connectivity index (χ0v) is 12.4. The summed E-state index contributed by atoms with van der Waals surface area (Å²) in [6, 6.07) is 9.43. The number of unbranched alkanes of at least 4 members (excludes halogenated alkanes) is 1. The number of benzene rings is 1. The van der Waals surface area contributed by atoms with E-state index >= 15 is 0 Å². The third-order valence-corrected chi connectivity index (χ3v) is 3.20. The molecule has 0 unspecified atom stereocenters. The number of methoxy groups -OCH3 is 1. The zero-order valence-electron chi connectivity index (χ0n) is 12.4. The molecule has 2 N–H and O–H groups in total. The molecule has 5 heteroatoms. The van der Waals surface area contributed by atoms with E-state index in [4.69, 9.17) is 15.2 Å². The summed E-state index contributed by atoms with van der Waals surface area (Å²) in [5, 5.41) is 0. The van der Waals surface area contributed by atoms with Gasteiger partial charge in [-0.2, -0.15) is 0 Å². The standard InChI is InChI=1S/C16H23NO4/c1-20-16(19)14(9-5-6-10-17)11-15(18)21-12-13-7-3-2-4-8-13/h2-4,7-8,14H,5-6,9-12,17H2,1H3/t14-/m1/s1. The number of ether oxygens (including phenoxy) is 2. The van der Waals surface area contributed by atoms with Crippen LogP contribution in [0.2, 0.25) is 0 Å². The van der Waals surface area contributed by atoms with Gasteiger partial charge in [0.2, 0.25) is 0 Å². The maximum Gasteiger partial charge on any atom is 0.309 e. The Hall–Kier alpha value is -1.88. The molecule has 0 aromatic heterocycles. The van der Waals surface area contributed by atoms with Crippen LogP contribution in [0, 0.1) is 5.92 Å². The number of hydrogen-bond donors (Lipinski definition) is 1. The predicted octanol–water partition coefficient (Wildman–Crippen LogP) is 2.04.